The molecule has 0 saturated heterocycles. The van der Waals surface area contributed by atoms with Crippen molar-refractivity contribution in [3.63, 3.8) is 0 Å². The molecule has 0 aromatic carbocycles. The highest BCUT2D eigenvalue weighted by molar-refractivity contribution is 7.80. The van der Waals surface area contributed by atoms with E-state index in [9.17, 15) is 9.59 Å². The second-order valence-corrected chi connectivity index (χ2v) is 4.23. The minimum Gasteiger partial charge on any atom is -0.458 e. The molecule has 0 spiro atoms. The number of ether oxygens (including phenoxy) is 2. The molecular formula is C12H21NO4S. The SMILES string of the molecule is C=C(C)C(=O)OCC(CS)OC(=O)NCCCC. The standard InChI is InChI=1S/C12H21NO4S/c1-4-5-6-13-12(15)17-10(8-18)7-16-11(14)9(2)3/h10,18H,2,4-8H2,1,3H3,(H,13,15). The summed E-state index contributed by atoms with van der Waals surface area (Å²) >= 11 is 4.04. The summed E-state index contributed by atoms with van der Waals surface area (Å²) in [4.78, 5) is 22.5. The number of carbonyl (C=O) groups is 2. The molecule has 0 heterocycles. The number of hydrogen-bond donors (Lipinski definition) is 2. The number of unbranched alkanes of at least 4 members (excludes halogenated alkanes) is 1. The van der Waals surface area contributed by atoms with Crippen LogP contribution >= 0.6 is 12.6 Å². The van der Waals surface area contributed by atoms with Crippen LogP contribution in [0.15, 0.2) is 12.2 Å². The first-order valence-corrected chi connectivity index (χ1v) is 6.52. The first-order valence-electron chi connectivity index (χ1n) is 5.89. The van der Waals surface area contributed by atoms with Gasteiger partial charge in [-0.05, 0) is 13.3 Å². The van der Waals surface area contributed by atoms with Gasteiger partial charge in [0, 0.05) is 17.9 Å². The fourth-order valence-electron chi connectivity index (χ4n) is 0.976. The van der Waals surface area contributed by atoms with Crippen LogP contribution in [0.2, 0.25) is 0 Å². The lowest BCUT2D eigenvalue weighted by molar-refractivity contribution is -0.141. The van der Waals surface area contributed by atoms with Gasteiger partial charge >= 0.3 is 12.1 Å². The van der Waals surface area contributed by atoms with E-state index in [1.54, 1.807) is 6.92 Å². The molecule has 104 valence electrons. The molecule has 18 heavy (non-hydrogen) atoms. The van der Waals surface area contributed by atoms with E-state index in [2.05, 4.69) is 24.5 Å². The van der Waals surface area contributed by atoms with Crippen molar-refractivity contribution in [1.29, 1.82) is 0 Å². The number of carbonyl (C=O) groups excluding carboxylic acids is 2. The average molecular weight is 275 g/mol. The molecule has 0 aliphatic carbocycles. The van der Waals surface area contributed by atoms with E-state index in [1.165, 1.54) is 0 Å². The summed E-state index contributed by atoms with van der Waals surface area (Å²) in [5.74, 6) is -0.221. The Hall–Kier alpha value is -1.17. The maximum Gasteiger partial charge on any atom is 0.407 e. The summed E-state index contributed by atoms with van der Waals surface area (Å²) in [5.41, 5.74) is 0.306. The van der Waals surface area contributed by atoms with Gasteiger partial charge in [0.1, 0.15) is 12.7 Å². The van der Waals surface area contributed by atoms with Crippen LogP contribution in [0.1, 0.15) is 26.7 Å². The zero-order valence-electron chi connectivity index (χ0n) is 10.9. The third-order valence-corrected chi connectivity index (χ3v) is 2.43. The number of rotatable bonds is 8. The molecule has 0 bridgehead atoms. The quantitative estimate of drug-likeness (QED) is 0.307. The summed E-state index contributed by atoms with van der Waals surface area (Å²) in [5, 5.41) is 2.61. The van der Waals surface area contributed by atoms with Gasteiger partial charge < -0.3 is 14.8 Å². The van der Waals surface area contributed by atoms with Crippen LogP contribution in [0.3, 0.4) is 0 Å². The van der Waals surface area contributed by atoms with Gasteiger partial charge in [-0.2, -0.15) is 12.6 Å². The van der Waals surface area contributed by atoms with Crippen molar-refractivity contribution in [3.8, 4) is 0 Å². The molecule has 0 aliphatic rings. The van der Waals surface area contributed by atoms with Gasteiger partial charge in [-0.15, -0.1) is 0 Å². The molecule has 0 fully saturated rings. The van der Waals surface area contributed by atoms with E-state index < -0.39 is 18.2 Å². The van der Waals surface area contributed by atoms with Crippen LogP contribution in [0.25, 0.3) is 0 Å². The lowest BCUT2D eigenvalue weighted by Gasteiger charge is -2.16. The zero-order chi connectivity index (χ0) is 14.0. The minimum atomic E-state index is -0.557. The maximum atomic E-state index is 11.3. The normalized spacial score (nSPS) is 11.5. The average Bonchev–Trinajstić information content (AvgIpc) is 2.34. The van der Waals surface area contributed by atoms with Gasteiger partial charge in [0.25, 0.3) is 0 Å². The van der Waals surface area contributed by atoms with Crippen LogP contribution in [-0.4, -0.2) is 37.1 Å². The molecule has 0 aliphatic heterocycles. The molecule has 0 aromatic heterocycles. The number of nitrogens with one attached hydrogen (secondary N) is 1. The Balaban J connectivity index is 3.92. The molecule has 0 rings (SSSR count). The fourth-order valence-corrected chi connectivity index (χ4v) is 1.16. The summed E-state index contributed by atoms with van der Waals surface area (Å²) < 4.78 is 9.93. The maximum absolute atomic E-state index is 11.3. The number of amides is 1. The van der Waals surface area contributed by atoms with Crippen molar-refractivity contribution in [1.82, 2.24) is 5.32 Å². The molecular weight excluding hydrogens is 254 g/mol. The van der Waals surface area contributed by atoms with Gasteiger partial charge in [0.2, 0.25) is 0 Å². The van der Waals surface area contributed by atoms with Gasteiger partial charge in [0.05, 0.1) is 0 Å². The molecule has 0 saturated carbocycles. The highest BCUT2D eigenvalue weighted by Crippen LogP contribution is 2.00. The number of esters is 1. The Morgan fingerprint density at radius 2 is 2.11 bits per heavy atom. The van der Waals surface area contributed by atoms with E-state index in [-0.39, 0.29) is 12.4 Å². The van der Waals surface area contributed by atoms with E-state index in [0.717, 1.165) is 12.8 Å². The Kier molecular flexibility index (Phi) is 9.18. The van der Waals surface area contributed by atoms with Crippen molar-refractivity contribution in [2.24, 2.45) is 0 Å². The van der Waals surface area contributed by atoms with E-state index >= 15 is 0 Å². The van der Waals surface area contributed by atoms with Gasteiger partial charge in [-0.3, -0.25) is 0 Å². The van der Waals surface area contributed by atoms with E-state index in [4.69, 9.17) is 9.47 Å². The van der Waals surface area contributed by atoms with E-state index in [1.807, 2.05) is 6.92 Å². The summed E-state index contributed by atoms with van der Waals surface area (Å²) in [7, 11) is 0. The summed E-state index contributed by atoms with van der Waals surface area (Å²) in [6, 6.07) is 0. The summed E-state index contributed by atoms with van der Waals surface area (Å²) in [6.45, 7) is 7.59. The lowest BCUT2D eigenvalue weighted by Crippen LogP contribution is -2.33. The lowest BCUT2D eigenvalue weighted by atomic mass is 10.3. The van der Waals surface area contributed by atoms with Crippen molar-refractivity contribution in [2.45, 2.75) is 32.8 Å². The van der Waals surface area contributed by atoms with Crippen molar-refractivity contribution in [2.75, 3.05) is 18.9 Å². The number of alkyl carbamates (subject to hydrolysis) is 1. The first kappa shape index (κ1) is 16.8. The third kappa shape index (κ3) is 8.00. The number of thiol groups is 1. The predicted octanol–water partition coefficient (Wildman–Crippen LogP) is 1.93. The Morgan fingerprint density at radius 3 is 2.61 bits per heavy atom. The van der Waals surface area contributed by atoms with Gasteiger partial charge in [-0.25, -0.2) is 9.59 Å². The van der Waals surface area contributed by atoms with Crippen LogP contribution in [0.4, 0.5) is 4.79 Å². The van der Waals surface area contributed by atoms with Crippen molar-refractivity contribution < 1.29 is 19.1 Å². The highest BCUT2D eigenvalue weighted by atomic mass is 32.1. The Morgan fingerprint density at radius 1 is 1.44 bits per heavy atom. The second-order valence-electron chi connectivity index (χ2n) is 3.87. The summed E-state index contributed by atoms with van der Waals surface area (Å²) in [6.07, 6.45) is 0.810. The van der Waals surface area contributed by atoms with Crippen molar-refractivity contribution >= 4 is 24.7 Å². The van der Waals surface area contributed by atoms with Crippen molar-refractivity contribution in [3.05, 3.63) is 12.2 Å². The first-order chi connectivity index (χ1) is 8.51. The van der Waals surface area contributed by atoms with Crippen LogP contribution in [0, 0.1) is 0 Å². The molecule has 0 aromatic rings. The number of hydrogen-bond acceptors (Lipinski definition) is 5. The van der Waals surface area contributed by atoms with Gasteiger partial charge in [-0.1, -0.05) is 19.9 Å². The molecule has 5 nitrogen and oxygen atoms in total. The zero-order valence-corrected chi connectivity index (χ0v) is 11.8. The fraction of sp³-hybridized carbons (Fsp3) is 0.667. The van der Waals surface area contributed by atoms with Crippen LogP contribution in [-0.2, 0) is 14.3 Å². The molecule has 1 N–H and O–H groups in total. The molecule has 1 amide bonds. The third-order valence-electron chi connectivity index (χ3n) is 2.03. The van der Waals surface area contributed by atoms with Gasteiger partial charge in [0.15, 0.2) is 0 Å². The predicted molar refractivity (Wildman–Crippen MR) is 72.8 cm³/mol. The van der Waals surface area contributed by atoms with Crippen LogP contribution in [0.5, 0.6) is 0 Å². The van der Waals surface area contributed by atoms with Crippen LogP contribution < -0.4 is 5.32 Å². The topological polar surface area (TPSA) is 64.6 Å². The van der Waals surface area contributed by atoms with E-state index in [0.29, 0.717) is 12.1 Å². The smallest absolute Gasteiger partial charge is 0.407 e. The molecule has 6 heteroatoms. The minimum absolute atomic E-state index is 0.0175. The largest absolute Gasteiger partial charge is 0.458 e. The highest BCUT2D eigenvalue weighted by Gasteiger charge is 2.15. The second kappa shape index (κ2) is 9.82. The molecule has 1 unspecified atom stereocenters. The Labute approximate surface area is 113 Å². The monoisotopic (exact) mass is 275 g/mol. The molecule has 0 radical (unpaired) electrons. The molecule has 1 atom stereocenters. The Bertz CT molecular complexity index is 294.